The predicted molar refractivity (Wildman–Crippen MR) is 75.7 cm³/mol. The molecule has 4 atom stereocenters. The van der Waals surface area contributed by atoms with Crippen LogP contribution in [-0.4, -0.2) is 5.71 Å². The molecule has 2 heteroatoms. The Balaban J connectivity index is 1.40. The molecule has 0 spiro atoms. The molecule has 4 unspecified atom stereocenters. The van der Waals surface area contributed by atoms with Crippen molar-refractivity contribution in [1.29, 1.82) is 0 Å². The van der Waals surface area contributed by atoms with E-state index in [4.69, 9.17) is 4.84 Å². The Bertz CT molecular complexity index is 481. The number of hydrogen-bond acceptors (Lipinski definition) is 2. The van der Waals surface area contributed by atoms with E-state index in [0.717, 1.165) is 23.7 Å². The zero-order valence-electron chi connectivity index (χ0n) is 11.3. The Morgan fingerprint density at radius 2 is 1.95 bits per heavy atom. The van der Waals surface area contributed by atoms with Gasteiger partial charge in [0.25, 0.3) is 0 Å². The van der Waals surface area contributed by atoms with Gasteiger partial charge in [-0.05, 0) is 49.0 Å². The average molecular weight is 255 g/mol. The molecule has 4 rings (SSSR count). The van der Waals surface area contributed by atoms with Crippen LogP contribution in [0.1, 0.15) is 37.7 Å². The number of hydrogen-bond donors (Lipinski definition) is 0. The molecule has 0 saturated heterocycles. The Labute approximate surface area is 114 Å². The van der Waals surface area contributed by atoms with Crippen molar-refractivity contribution in [3.05, 3.63) is 35.9 Å². The van der Waals surface area contributed by atoms with Gasteiger partial charge in [0.05, 0.1) is 5.71 Å². The van der Waals surface area contributed by atoms with Crippen LogP contribution in [0.25, 0.3) is 0 Å². The molecule has 3 saturated carbocycles. The third-order valence-electron chi connectivity index (χ3n) is 5.46. The van der Waals surface area contributed by atoms with Crippen LogP contribution in [0.4, 0.5) is 0 Å². The van der Waals surface area contributed by atoms with Gasteiger partial charge >= 0.3 is 0 Å². The van der Waals surface area contributed by atoms with Gasteiger partial charge in [-0.2, -0.15) is 0 Å². The summed E-state index contributed by atoms with van der Waals surface area (Å²) in [6.45, 7) is 0.607. The lowest BCUT2D eigenvalue weighted by Crippen LogP contribution is -2.24. The maximum atomic E-state index is 5.59. The predicted octanol–water partition coefficient (Wildman–Crippen LogP) is 4.02. The summed E-state index contributed by atoms with van der Waals surface area (Å²) in [5.74, 6) is 3.65. The molecule has 19 heavy (non-hydrogen) atoms. The zero-order valence-corrected chi connectivity index (χ0v) is 11.3. The maximum Gasteiger partial charge on any atom is 0.142 e. The normalized spacial score (nSPS) is 37.8. The van der Waals surface area contributed by atoms with Gasteiger partial charge in [0, 0.05) is 5.92 Å². The van der Waals surface area contributed by atoms with Crippen LogP contribution in [-0.2, 0) is 11.4 Å². The van der Waals surface area contributed by atoms with Crippen LogP contribution in [0, 0.1) is 23.7 Å². The average Bonchev–Trinajstić information content (AvgIpc) is 3.12. The molecule has 100 valence electrons. The summed E-state index contributed by atoms with van der Waals surface area (Å²) in [4.78, 5) is 5.59. The minimum Gasteiger partial charge on any atom is -0.391 e. The first-order valence-electron chi connectivity index (χ1n) is 7.64. The van der Waals surface area contributed by atoms with E-state index >= 15 is 0 Å². The smallest absolute Gasteiger partial charge is 0.142 e. The number of benzene rings is 1. The number of nitrogens with zero attached hydrogens (tertiary/aromatic N) is 1. The fourth-order valence-electron chi connectivity index (χ4n) is 4.68. The van der Waals surface area contributed by atoms with E-state index in [-0.39, 0.29) is 0 Å². The van der Waals surface area contributed by atoms with Gasteiger partial charge in [0.2, 0.25) is 0 Å². The lowest BCUT2D eigenvalue weighted by molar-refractivity contribution is 0.127. The molecular formula is C17H21NO. The minimum atomic E-state index is 0.607. The third-order valence-corrected chi connectivity index (χ3v) is 5.46. The van der Waals surface area contributed by atoms with E-state index in [2.05, 4.69) is 17.3 Å². The highest BCUT2D eigenvalue weighted by Crippen LogP contribution is 2.57. The van der Waals surface area contributed by atoms with Gasteiger partial charge in [-0.15, -0.1) is 0 Å². The fourth-order valence-corrected chi connectivity index (χ4v) is 4.68. The second-order valence-corrected chi connectivity index (χ2v) is 6.41. The molecule has 0 heterocycles. The second kappa shape index (κ2) is 4.66. The van der Waals surface area contributed by atoms with Crippen LogP contribution in [0.15, 0.2) is 35.5 Å². The summed E-state index contributed by atoms with van der Waals surface area (Å²) in [6.07, 6.45) is 6.96. The van der Waals surface area contributed by atoms with Crippen molar-refractivity contribution in [3.8, 4) is 0 Å². The fraction of sp³-hybridized carbons (Fsp3) is 0.588. The van der Waals surface area contributed by atoms with Gasteiger partial charge in [0.15, 0.2) is 0 Å². The number of fused-ring (bicyclic) bond motifs is 5. The van der Waals surface area contributed by atoms with Crippen LogP contribution in [0.5, 0.6) is 0 Å². The molecule has 0 aromatic heterocycles. The molecule has 2 nitrogen and oxygen atoms in total. The lowest BCUT2D eigenvalue weighted by Gasteiger charge is -2.25. The molecule has 3 fully saturated rings. The molecule has 0 radical (unpaired) electrons. The van der Waals surface area contributed by atoms with Gasteiger partial charge in [-0.1, -0.05) is 41.9 Å². The highest BCUT2D eigenvalue weighted by atomic mass is 16.6. The van der Waals surface area contributed by atoms with E-state index in [9.17, 15) is 0 Å². The van der Waals surface area contributed by atoms with Gasteiger partial charge in [-0.25, -0.2) is 0 Å². The standard InChI is InChI=1S/C17H21NO/c1-2-5-12(6-3-1)11-19-18-17-10-13-9-16(17)15-8-4-7-14(13)15/h1-3,5-6,13-16H,4,7-11H2. The van der Waals surface area contributed by atoms with E-state index < -0.39 is 0 Å². The van der Waals surface area contributed by atoms with Crippen molar-refractivity contribution in [1.82, 2.24) is 0 Å². The largest absolute Gasteiger partial charge is 0.391 e. The maximum absolute atomic E-state index is 5.59. The zero-order chi connectivity index (χ0) is 12.7. The van der Waals surface area contributed by atoms with Crippen molar-refractivity contribution >= 4 is 5.71 Å². The molecule has 0 N–H and O–H groups in total. The Morgan fingerprint density at radius 3 is 2.84 bits per heavy atom. The molecule has 3 aliphatic carbocycles. The Morgan fingerprint density at radius 1 is 1.11 bits per heavy atom. The summed E-state index contributed by atoms with van der Waals surface area (Å²) in [5.41, 5.74) is 2.57. The highest BCUT2D eigenvalue weighted by molar-refractivity contribution is 5.90. The second-order valence-electron chi connectivity index (χ2n) is 6.41. The first-order chi connectivity index (χ1) is 9.42. The van der Waals surface area contributed by atoms with Gasteiger partial charge < -0.3 is 4.84 Å². The van der Waals surface area contributed by atoms with Crippen LogP contribution >= 0.6 is 0 Å². The summed E-state index contributed by atoms with van der Waals surface area (Å²) < 4.78 is 0. The molecule has 0 aliphatic heterocycles. The molecule has 2 bridgehead atoms. The van der Waals surface area contributed by atoms with Crippen molar-refractivity contribution in [2.75, 3.05) is 0 Å². The third kappa shape index (κ3) is 1.98. The monoisotopic (exact) mass is 255 g/mol. The van der Waals surface area contributed by atoms with Crippen molar-refractivity contribution < 1.29 is 4.84 Å². The van der Waals surface area contributed by atoms with E-state index in [0.29, 0.717) is 6.61 Å². The molecular weight excluding hydrogens is 234 g/mol. The lowest BCUT2D eigenvalue weighted by atomic mass is 9.81. The summed E-state index contributed by atoms with van der Waals surface area (Å²) in [7, 11) is 0. The van der Waals surface area contributed by atoms with Gasteiger partial charge in [0.1, 0.15) is 6.61 Å². The van der Waals surface area contributed by atoms with Crippen LogP contribution in [0.2, 0.25) is 0 Å². The number of oxime groups is 1. The summed E-state index contributed by atoms with van der Waals surface area (Å²) in [6, 6.07) is 10.3. The summed E-state index contributed by atoms with van der Waals surface area (Å²) in [5, 5.41) is 4.48. The van der Waals surface area contributed by atoms with E-state index in [1.54, 1.807) is 0 Å². The molecule has 1 aromatic rings. The topological polar surface area (TPSA) is 21.6 Å². The molecule has 3 aliphatic rings. The highest BCUT2D eigenvalue weighted by Gasteiger charge is 2.52. The van der Waals surface area contributed by atoms with Gasteiger partial charge in [-0.3, -0.25) is 0 Å². The van der Waals surface area contributed by atoms with Crippen LogP contribution < -0.4 is 0 Å². The quantitative estimate of drug-likeness (QED) is 0.748. The first-order valence-corrected chi connectivity index (χ1v) is 7.64. The number of rotatable bonds is 3. The van der Waals surface area contributed by atoms with E-state index in [1.165, 1.54) is 43.4 Å². The first kappa shape index (κ1) is 11.5. The van der Waals surface area contributed by atoms with Crippen molar-refractivity contribution in [3.63, 3.8) is 0 Å². The summed E-state index contributed by atoms with van der Waals surface area (Å²) >= 11 is 0. The van der Waals surface area contributed by atoms with Crippen LogP contribution in [0.3, 0.4) is 0 Å². The Kier molecular flexibility index (Phi) is 2.82. The van der Waals surface area contributed by atoms with Crippen molar-refractivity contribution in [2.45, 2.75) is 38.7 Å². The molecule has 0 amide bonds. The Hall–Kier alpha value is -1.31. The van der Waals surface area contributed by atoms with Crippen molar-refractivity contribution in [2.24, 2.45) is 28.8 Å². The van der Waals surface area contributed by atoms with E-state index in [1.807, 2.05) is 18.2 Å². The minimum absolute atomic E-state index is 0.607. The molecule has 1 aromatic carbocycles. The SMILES string of the molecule is c1ccc(CON=C2CC3CC2C2CCCC32)cc1.